The molecule has 4 N–H and O–H groups in total. The maximum atomic E-state index is 5.79. The lowest BCUT2D eigenvalue weighted by molar-refractivity contribution is 0.331. The van der Waals surface area contributed by atoms with E-state index in [0.717, 1.165) is 24.2 Å². The molecule has 110 valence electrons. The van der Waals surface area contributed by atoms with Gasteiger partial charge in [0.25, 0.3) is 0 Å². The van der Waals surface area contributed by atoms with Crippen molar-refractivity contribution in [3.05, 3.63) is 59.7 Å². The van der Waals surface area contributed by atoms with Gasteiger partial charge >= 0.3 is 0 Å². The van der Waals surface area contributed by atoms with Crippen LogP contribution in [-0.2, 0) is 12.8 Å². The maximum Gasteiger partial charge on any atom is 0.0314 e. The van der Waals surface area contributed by atoms with E-state index in [2.05, 4.69) is 36.0 Å². The zero-order valence-electron chi connectivity index (χ0n) is 12.2. The quantitative estimate of drug-likeness (QED) is 0.845. The van der Waals surface area contributed by atoms with Gasteiger partial charge in [0.05, 0.1) is 0 Å². The monoisotopic (exact) mass is 298 g/mol. The standard InChI is InChI=1S/C18H22N2S/c19-16-5-1-14(2-6-16)11-18(9-10-21-13-18)12-15-3-7-17(20)8-4-15/h1-8H,9-13,19-20H2. The van der Waals surface area contributed by atoms with Crippen LogP contribution in [0.3, 0.4) is 0 Å². The van der Waals surface area contributed by atoms with Gasteiger partial charge in [-0.05, 0) is 71.6 Å². The summed E-state index contributed by atoms with van der Waals surface area (Å²) in [7, 11) is 0. The fourth-order valence-corrected chi connectivity index (χ4v) is 4.63. The molecule has 2 nitrogen and oxygen atoms in total. The van der Waals surface area contributed by atoms with E-state index in [-0.39, 0.29) is 0 Å². The highest BCUT2D eigenvalue weighted by atomic mass is 32.2. The predicted octanol–water partition coefficient (Wildman–Crippen LogP) is 3.76. The van der Waals surface area contributed by atoms with Gasteiger partial charge < -0.3 is 11.5 Å². The topological polar surface area (TPSA) is 52.0 Å². The summed E-state index contributed by atoms with van der Waals surface area (Å²) in [4.78, 5) is 0. The number of hydrogen-bond acceptors (Lipinski definition) is 3. The van der Waals surface area contributed by atoms with Crippen molar-refractivity contribution in [1.82, 2.24) is 0 Å². The highest BCUT2D eigenvalue weighted by molar-refractivity contribution is 7.99. The largest absolute Gasteiger partial charge is 0.399 e. The smallest absolute Gasteiger partial charge is 0.0314 e. The Bertz CT molecular complexity index is 534. The maximum absolute atomic E-state index is 5.79. The molecule has 1 aliphatic rings. The lowest BCUT2D eigenvalue weighted by Gasteiger charge is -2.29. The molecular formula is C18H22N2S. The number of nitrogen functional groups attached to an aromatic ring is 2. The van der Waals surface area contributed by atoms with E-state index in [4.69, 9.17) is 11.5 Å². The first kappa shape index (κ1) is 14.3. The van der Waals surface area contributed by atoms with Crippen LogP contribution in [-0.4, -0.2) is 11.5 Å². The minimum Gasteiger partial charge on any atom is -0.399 e. The summed E-state index contributed by atoms with van der Waals surface area (Å²) in [6, 6.07) is 16.7. The van der Waals surface area contributed by atoms with Crippen molar-refractivity contribution in [2.75, 3.05) is 23.0 Å². The minimum atomic E-state index is 0.372. The van der Waals surface area contributed by atoms with Crippen molar-refractivity contribution in [1.29, 1.82) is 0 Å². The summed E-state index contributed by atoms with van der Waals surface area (Å²) in [6.45, 7) is 0. The SMILES string of the molecule is Nc1ccc(CC2(Cc3ccc(N)cc3)CCSC2)cc1. The Kier molecular flexibility index (Phi) is 4.11. The van der Waals surface area contributed by atoms with Gasteiger partial charge in [-0.25, -0.2) is 0 Å². The summed E-state index contributed by atoms with van der Waals surface area (Å²) in [5.74, 6) is 2.51. The molecule has 2 aromatic carbocycles. The molecule has 0 aromatic heterocycles. The molecular weight excluding hydrogens is 276 g/mol. The van der Waals surface area contributed by atoms with Gasteiger partial charge in [-0.1, -0.05) is 24.3 Å². The van der Waals surface area contributed by atoms with Gasteiger partial charge in [-0.15, -0.1) is 0 Å². The van der Waals surface area contributed by atoms with Crippen LogP contribution in [0, 0.1) is 5.41 Å². The molecule has 3 rings (SSSR count). The Labute approximate surface area is 130 Å². The molecule has 0 spiro atoms. The summed E-state index contributed by atoms with van der Waals surface area (Å²) >= 11 is 2.08. The summed E-state index contributed by atoms with van der Waals surface area (Å²) < 4.78 is 0. The molecule has 1 aliphatic heterocycles. The first-order valence-corrected chi connectivity index (χ1v) is 8.57. The van der Waals surface area contributed by atoms with Gasteiger partial charge in [0.15, 0.2) is 0 Å². The van der Waals surface area contributed by atoms with Crippen LogP contribution < -0.4 is 11.5 Å². The van der Waals surface area contributed by atoms with E-state index < -0.39 is 0 Å². The van der Waals surface area contributed by atoms with Gasteiger partial charge in [-0.2, -0.15) is 11.8 Å². The van der Waals surface area contributed by atoms with Crippen LogP contribution in [0.2, 0.25) is 0 Å². The lowest BCUT2D eigenvalue weighted by Crippen LogP contribution is -2.26. The second kappa shape index (κ2) is 6.02. The van der Waals surface area contributed by atoms with Crippen molar-refractivity contribution >= 4 is 23.1 Å². The predicted molar refractivity (Wildman–Crippen MR) is 93.5 cm³/mol. The molecule has 0 bridgehead atoms. The van der Waals surface area contributed by atoms with Gasteiger partial charge in [-0.3, -0.25) is 0 Å². The zero-order chi connectivity index (χ0) is 14.7. The van der Waals surface area contributed by atoms with Crippen molar-refractivity contribution in [2.45, 2.75) is 19.3 Å². The second-order valence-corrected chi connectivity index (χ2v) is 7.24. The second-order valence-electron chi connectivity index (χ2n) is 6.14. The van der Waals surface area contributed by atoms with E-state index in [9.17, 15) is 0 Å². The molecule has 0 aliphatic carbocycles. The van der Waals surface area contributed by atoms with Gasteiger partial charge in [0.2, 0.25) is 0 Å². The normalized spacial score (nSPS) is 17.0. The van der Waals surface area contributed by atoms with E-state index in [1.807, 2.05) is 24.3 Å². The Hall–Kier alpha value is -1.61. The number of anilines is 2. The molecule has 0 radical (unpaired) electrons. The van der Waals surface area contributed by atoms with E-state index in [1.54, 1.807) is 0 Å². The van der Waals surface area contributed by atoms with E-state index in [1.165, 1.54) is 29.1 Å². The van der Waals surface area contributed by atoms with E-state index in [0.29, 0.717) is 5.41 Å². The number of hydrogen-bond donors (Lipinski definition) is 2. The molecule has 0 atom stereocenters. The zero-order valence-corrected chi connectivity index (χ0v) is 13.0. The molecule has 0 unspecified atom stereocenters. The summed E-state index contributed by atoms with van der Waals surface area (Å²) in [5, 5.41) is 0. The molecule has 0 amide bonds. The van der Waals surface area contributed by atoms with Crippen LogP contribution >= 0.6 is 11.8 Å². The fraction of sp³-hybridized carbons (Fsp3) is 0.333. The van der Waals surface area contributed by atoms with Crippen LogP contribution in [0.1, 0.15) is 17.5 Å². The molecule has 0 saturated carbocycles. The van der Waals surface area contributed by atoms with Crippen LogP contribution in [0.25, 0.3) is 0 Å². The average molecular weight is 298 g/mol. The Balaban J connectivity index is 1.79. The molecule has 21 heavy (non-hydrogen) atoms. The van der Waals surface area contributed by atoms with Crippen molar-refractivity contribution in [3.8, 4) is 0 Å². The number of rotatable bonds is 4. The van der Waals surface area contributed by atoms with Gasteiger partial charge in [0, 0.05) is 11.4 Å². The fourth-order valence-electron chi connectivity index (χ4n) is 3.13. The van der Waals surface area contributed by atoms with Gasteiger partial charge in [0.1, 0.15) is 0 Å². The lowest BCUT2D eigenvalue weighted by atomic mass is 9.76. The number of thioether (sulfide) groups is 1. The van der Waals surface area contributed by atoms with E-state index >= 15 is 0 Å². The molecule has 1 saturated heterocycles. The van der Waals surface area contributed by atoms with Crippen LogP contribution in [0.15, 0.2) is 48.5 Å². The highest BCUT2D eigenvalue weighted by Crippen LogP contribution is 2.41. The highest BCUT2D eigenvalue weighted by Gasteiger charge is 2.34. The minimum absolute atomic E-state index is 0.372. The summed E-state index contributed by atoms with van der Waals surface area (Å²) in [6.07, 6.45) is 3.54. The first-order valence-electron chi connectivity index (χ1n) is 7.42. The third-order valence-electron chi connectivity index (χ3n) is 4.30. The Morgan fingerprint density at radius 3 is 1.67 bits per heavy atom. The van der Waals surface area contributed by atoms with Crippen molar-refractivity contribution in [3.63, 3.8) is 0 Å². The van der Waals surface area contributed by atoms with Crippen LogP contribution in [0.4, 0.5) is 11.4 Å². The molecule has 2 aromatic rings. The average Bonchev–Trinajstić information content (AvgIpc) is 2.92. The third kappa shape index (κ3) is 3.53. The third-order valence-corrected chi connectivity index (χ3v) is 5.61. The Morgan fingerprint density at radius 2 is 1.29 bits per heavy atom. The number of nitrogens with two attached hydrogens (primary N) is 2. The molecule has 1 heterocycles. The first-order chi connectivity index (χ1) is 10.2. The van der Waals surface area contributed by atoms with Crippen molar-refractivity contribution in [2.24, 2.45) is 5.41 Å². The summed E-state index contributed by atoms with van der Waals surface area (Å²) in [5.41, 5.74) is 16.4. The number of benzene rings is 2. The van der Waals surface area contributed by atoms with Crippen LogP contribution in [0.5, 0.6) is 0 Å². The Morgan fingerprint density at radius 1 is 0.810 bits per heavy atom. The molecule has 3 heteroatoms. The molecule has 1 fully saturated rings. The van der Waals surface area contributed by atoms with Crippen molar-refractivity contribution < 1.29 is 0 Å².